The molecule has 0 aromatic carbocycles. The lowest BCUT2D eigenvalue weighted by Crippen LogP contribution is -2.67. The summed E-state index contributed by atoms with van der Waals surface area (Å²) in [6.45, 7) is 18.4. The molecule has 0 aliphatic heterocycles. The summed E-state index contributed by atoms with van der Waals surface area (Å²) in [5.41, 5.74) is 0.0495. The lowest BCUT2D eigenvalue weighted by Gasteiger charge is -2.53. The number of hydrogen-bond donors (Lipinski definition) is 0. The van der Waals surface area contributed by atoms with Gasteiger partial charge in [0, 0.05) is 38.5 Å². The van der Waals surface area contributed by atoms with Crippen molar-refractivity contribution in [3.8, 4) is 0 Å². The van der Waals surface area contributed by atoms with Crippen molar-refractivity contribution in [1.29, 1.82) is 0 Å². The van der Waals surface area contributed by atoms with Crippen LogP contribution in [-0.4, -0.2) is 80.9 Å². The van der Waals surface area contributed by atoms with Gasteiger partial charge < -0.3 is 18.3 Å². The minimum atomic E-state index is -0.787. The molecule has 2 atom stereocenters. The zero-order valence-electron chi connectivity index (χ0n) is 19.6. The zero-order chi connectivity index (χ0) is 20.9. The fraction of sp³-hybridized carbons (Fsp3) is 1.00. The monoisotopic (exact) mass is 421 g/mol. The van der Waals surface area contributed by atoms with Crippen molar-refractivity contribution in [1.82, 2.24) is 4.90 Å². The molecule has 0 amide bonds. The van der Waals surface area contributed by atoms with Gasteiger partial charge in [0.05, 0.1) is 11.5 Å². The van der Waals surface area contributed by atoms with Crippen molar-refractivity contribution in [3.05, 3.63) is 0 Å². The molecule has 0 saturated heterocycles. The van der Waals surface area contributed by atoms with Crippen molar-refractivity contribution < 1.29 is 18.3 Å². The van der Waals surface area contributed by atoms with E-state index in [9.17, 15) is 0 Å². The fourth-order valence-electron chi connectivity index (χ4n) is 3.86. The van der Waals surface area contributed by atoms with Gasteiger partial charge in [-0.1, -0.05) is 33.6 Å². The molecule has 0 fully saturated rings. The summed E-state index contributed by atoms with van der Waals surface area (Å²) in [6, 6.07) is 0. The number of unbranched alkanes of at least 4 members (excludes halogenated alkanes) is 2. The Morgan fingerprint density at radius 3 is 1.37 bits per heavy atom. The lowest BCUT2D eigenvalue weighted by molar-refractivity contribution is -0.0996. The smallest absolute Gasteiger partial charge is 0.192 e. The van der Waals surface area contributed by atoms with Crippen molar-refractivity contribution in [2.24, 2.45) is 0 Å². The first-order chi connectivity index (χ1) is 12.7. The van der Waals surface area contributed by atoms with Gasteiger partial charge in [-0.3, -0.25) is 4.90 Å². The third-order valence-electron chi connectivity index (χ3n) is 5.55. The van der Waals surface area contributed by atoms with Gasteiger partial charge >= 0.3 is 0 Å². The average Bonchev–Trinajstić information content (AvgIpc) is 2.60. The summed E-state index contributed by atoms with van der Waals surface area (Å²) in [6.07, 6.45) is 4.49. The molecule has 0 heterocycles. The van der Waals surface area contributed by atoms with E-state index in [1.165, 1.54) is 0 Å². The molecule has 0 aliphatic rings. The van der Waals surface area contributed by atoms with E-state index in [2.05, 4.69) is 53.4 Å². The minimum Gasteiger partial charge on any atom is -0.424 e. The zero-order valence-corrected chi connectivity index (χ0v) is 22.4. The molecule has 0 aromatic rings. The predicted molar refractivity (Wildman–Crippen MR) is 121 cm³/mol. The van der Waals surface area contributed by atoms with Crippen LogP contribution in [0, 0.1) is 0 Å². The Hall–Kier alpha value is 0.234. The van der Waals surface area contributed by atoms with Gasteiger partial charge in [0.15, 0.2) is 19.5 Å². The second kappa shape index (κ2) is 14.3. The summed E-state index contributed by atoms with van der Waals surface area (Å²) in [5, 5.41) is 0. The Balaban J connectivity index is 5.50. The molecule has 0 saturated carbocycles. The van der Waals surface area contributed by atoms with E-state index in [0.717, 1.165) is 45.4 Å². The molecule has 7 heteroatoms. The van der Waals surface area contributed by atoms with E-state index >= 15 is 0 Å². The van der Waals surface area contributed by atoms with Gasteiger partial charge in [-0.15, -0.1) is 0 Å². The third-order valence-corrected chi connectivity index (χ3v) is 9.30. The maximum atomic E-state index is 6.34. The quantitative estimate of drug-likeness (QED) is 0.267. The van der Waals surface area contributed by atoms with Crippen molar-refractivity contribution >= 4 is 19.5 Å². The fourth-order valence-corrected chi connectivity index (χ4v) is 6.25. The van der Waals surface area contributed by atoms with Crippen LogP contribution < -0.4 is 0 Å². The molecule has 5 nitrogen and oxygen atoms in total. The molecule has 0 spiro atoms. The SMILES string of the molecule is CCCCOC([SiH2]OC)C(C)(C)N(CC)C(C)(C)C(OCCCC)[SiH2]OC. The average molecular weight is 422 g/mol. The molecule has 164 valence electrons. The molecular weight excluding hydrogens is 374 g/mol. The minimum absolute atomic E-state index is 0.122. The van der Waals surface area contributed by atoms with Crippen LogP contribution in [0.3, 0.4) is 0 Å². The molecule has 0 radical (unpaired) electrons. The Bertz CT molecular complexity index is 338. The highest BCUT2D eigenvalue weighted by molar-refractivity contribution is 6.30. The van der Waals surface area contributed by atoms with Crippen molar-refractivity contribution in [2.45, 2.75) is 96.7 Å². The van der Waals surface area contributed by atoms with Crippen LogP contribution >= 0.6 is 0 Å². The highest BCUT2D eigenvalue weighted by atomic mass is 28.2. The number of nitrogens with zero attached hydrogens (tertiary/aromatic N) is 1. The standard InChI is InChI=1S/C20H47NO4Si2/c1-10-13-15-24-17(26-22-8)19(4,5)21(12-3)20(6,7)18(27-23-9)25-16-14-11-2/h17-18H,10-16,26-27H2,1-9H3. The van der Waals surface area contributed by atoms with Gasteiger partial charge in [0.25, 0.3) is 0 Å². The normalized spacial score (nSPS) is 16.2. The van der Waals surface area contributed by atoms with Crippen LogP contribution in [0.2, 0.25) is 0 Å². The third kappa shape index (κ3) is 8.64. The first-order valence-corrected chi connectivity index (χ1v) is 13.5. The summed E-state index contributed by atoms with van der Waals surface area (Å²) in [5.74, 6) is 0. The van der Waals surface area contributed by atoms with Gasteiger partial charge in [-0.05, 0) is 47.1 Å². The number of rotatable bonds is 17. The Morgan fingerprint density at radius 1 is 0.741 bits per heavy atom. The highest BCUT2D eigenvalue weighted by Gasteiger charge is 2.46. The Kier molecular flexibility index (Phi) is 14.4. The van der Waals surface area contributed by atoms with Crippen molar-refractivity contribution in [3.63, 3.8) is 0 Å². The predicted octanol–water partition coefficient (Wildman–Crippen LogP) is 2.61. The second-order valence-electron chi connectivity index (χ2n) is 8.39. The van der Waals surface area contributed by atoms with Crippen LogP contribution in [0.5, 0.6) is 0 Å². The summed E-state index contributed by atoms with van der Waals surface area (Å²) >= 11 is 0. The molecule has 0 N–H and O–H groups in total. The maximum absolute atomic E-state index is 6.34. The molecule has 0 rings (SSSR count). The number of likely N-dealkylation sites (N-methyl/N-ethyl adjacent to an activating group) is 1. The molecule has 27 heavy (non-hydrogen) atoms. The highest BCUT2D eigenvalue weighted by Crippen LogP contribution is 2.32. The van der Waals surface area contributed by atoms with E-state index in [0.29, 0.717) is 0 Å². The summed E-state index contributed by atoms with van der Waals surface area (Å²) < 4.78 is 24.0. The molecule has 0 bridgehead atoms. The van der Waals surface area contributed by atoms with E-state index in [4.69, 9.17) is 18.3 Å². The topological polar surface area (TPSA) is 40.2 Å². The van der Waals surface area contributed by atoms with Crippen LogP contribution in [0.4, 0.5) is 0 Å². The van der Waals surface area contributed by atoms with Crippen LogP contribution in [-0.2, 0) is 18.3 Å². The first-order valence-electron chi connectivity index (χ1n) is 10.7. The Labute approximate surface area is 173 Å². The molecule has 0 aromatic heterocycles. The van der Waals surface area contributed by atoms with Crippen LogP contribution in [0.15, 0.2) is 0 Å². The van der Waals surface area contributed by atoms with Gasteiger partial charge in [0.1, 0.15) is 0 Å². The first kappa shape index (κ1) is 27.2. The van der Waals surface area contributed by atoms with E-state index < -0.39 is 19.5 Å². The molecule has 0 aliphatic carbocycles. The van der Waals surface area contributed by atoms with Gasteiger partial charge in [-0.25, -0.2) is 0 Å². The van der Waals surface area contributed by atoms with Crippen LogP contribution in [0.25, 0.3) is 0 Å². The molecular formula is C20H47NO4Si2. The molecule has 2 unspecified atom stereocenters. The number of ether oxygens (including phenoxy) is 2. The summed E-state index contributed by atoms with van der Waals surface area (Å²) in [4.78, 5) is 2.56. The largest absolute Gasteiger partial charge is 0.424 e. The van der Waals surface area contributed by atoms with E-state index in [1.807, 2.05) is 14.2 Å². The summed E-state index contributed by atoms with van der Waals surface area (Å²) in [7, 11) is 2.05. The van der Waals surface area contributed by atoms with Crippen LogP contribution in [0.1, 0.15) is 74.1 Å². The lowest BCUT2D eigenvalue weighted by atomic mass is 9.93. The van der Waals surface area contributed by atoms with Gasteiger partial charge in [-0.2, -0.15) is 0 Å². The van der Waals surface area contributed by atoms with E-state index in [1.54, 1.807) is 0 Å². The van der Waals surface area contributed by atoms with Gasteiger partial charge in [0.2, 0.25) is 0 Å². The van der Waals surface area contributed by atoms with E-state index in [-0.39, 0.29) is 22.5 Å². The number of hydrogen-bond acceptors (Lipinski definition) is 5. The van der Waals surface area contributed by atoms with Crippen molar-refractivity contribution in [2.75, 3.05) is 34.0 Å². The maximum Gasteiger partial charge on any atom is 0.192 e. The Morgan fingerprint density at radius 2 is 1.11 bits per heavy atom. The second-order valence-corrected chi connectivity index (χ2v) is 11.7.